The predicted molar refractivity (Wildman–Crippen MR) is 108 cm³/mol. The Labute approximate surface area is 173 Å². The van der Waals surface area contributed by atoms with Gasteiger partial charge in [0.05, 0.1) is 22.5 Å². The number of hydrogen-bond donors (Lipinski definition) is 1. The van der Waals surface area contributed by atoms with Gasteiger partial charge in [-0.1, -0.05) is 25.1 Å². The highest BCUT2D eigenvalue weighted by Crippen LogP contribution is 2.33. The molecule has 1 heterocycles. The molecule has 0 aliphatic heterocycles. The summed E-state index contributed by atoms with van der Waals surface area (Å²) in [5.41, 5.74) is 2.23. The fourth-order valence-electron chi connectivity index (χ4n) is 3.26. The second kappa shape index (κ2) is 8.23. The second-order valence-electron chi connectivity index (χ2n) is 7.18. The highest BCUT2D eigenvalue weighted by atomic mass is 32.2. The molecule has 1 atom stereocenters. The van der Waals surface area contributed by atoms with Crippen LogP contribution in [0.25, 0.3) is 11.3 Å². The molecular weight excluding hydrogens is 415 g/mol. The standard InChI is InChI=1S/C21H22F3N3O2S/c1-14(15-4-7-17(8-5-15)21(22,23)24)10-16-6-9-18(30(28,29)25-2)11-19(16)20-12-27(3)13-26-20/h4-9,11-14,25H,10H2,1-3H3/t14-/m0/s1. The van der Waals surface area contributed by atoms with Crippen molar-refractivity contribution in [2.45, 2.75) is 30.3 Å². The number of halogens is 3. The molecule has 0 unspecified atom stereocenters. The van der Waals surface area contributed by atoms with Gasteiger partial charge in [-0.2, -0.15) is 13.2 Å². The molecular formula is C21H22F3N3O2S. The quantitative estimate of drug-likeness (QED) is 0.623. The van der Waals surface area contributed by atoms with Crippen molar-refractivity contribution in [3.63, 3.8) is 0 Å². The van der Waals surface area contributed by atoms with Gasteiger partial charge in [0.15, 0.2) is 0 Å². The van der Waals surface area contributed by atoms with Gasteiger partial charge in [-0.25, -0.2) is 18.1 Å². The Morgan fingerprint density at radius 2 is 1.80 bits per heavy atom. The van der Waals surface area contributed by atoms with E-state index in [4.69, 9.17) is 0 Å². The van der Waals surface area contributed by atoms with Crippen LogP contribution < -0.4 is 4.72 Å². The number of hydrogen-bond acceptors (Lipinski definition) is 3. The van der Waals surface area contributed by atoms with Crippen LogP contribution in [0.15, 0.2) is 59.9 Å². The Hall–Kier alpha value is -2.65. The summed E-state index contributed by atoms with van der Waals surface area (Å²) in [5, 5.41) is 0. The maximum atomic E-state index is 12.8. The number of alkyl halides is 3. The molecule has 0 aliphatic rings. The first-order chi connectivity index (χ1) is 14.0. The molecule has 0 amide bonds. The average molecular weight is 437 g/mol. The van der Waals surface area contributed by atoms with Crippen LogP contribution in [0, 0.1) is 0 Å². The van der Waals surface area contributed by atoms with Crippen LogP contribution in [-0.2, 0) is 29.7 Å². The van der Waals surface area contributed by atoms with Gasteiger partial charge in [0, 0.05) is 18.8 Å². The third-order valence-corrected chi connectivity index (χ3v) is 6.39. The van der Waals surface area contributed by atoms with E-state index in [0.29, 0.717) is 17.7 Å². The highest BCUT2D eigenvalue weighted by Gasteiger charge is 2.30. The van der Waals surface area contributed by atoms with E-state index in [2.05, 4.69) is 9.71 Å². The first kappa shape index (κ1) is 22.0. The van der Waals surface area contributed by atoms with Crippen molar-refractivity contribution in [2.75, 3.05) is 7.05 Å². The summed E-state index contributed by atoms with van der Waals surface area (Å²) in [6.45, 7) is 1.92. The first-order valence-corrected chi connectivity index (χ1v) is 10.7. The van der Waals surface area contributed by atoms with Gasteiger partial charge in [-0.3, -0.25) is 0 Å². The molecule has 1 N–H and O–H groups in total. The minimum Gasteiger partial charge on any atom is -0.340 e. The molecule has 0 spiro atoms. The molecule has 0 saturated carbocycles. The van der Waals surface area contributed by atoms with Crippen molar-refractivity contribution in [1.82, 2.24) is 14.3 Å². The van der Waals surface area contributed by atoms with E-state index in [1.54, 1.807) is 29.2 Å². The van der Waals surface area contributed by atoms with Crippen LogP contribution >= 0.6 is 0 Å². The molecule has 3 aromatic rings. The smallest absolute Gasteiger partial charge is 0.340 e. The van der Waals surface area contributed by atoms with E-state index in [1.807, 2.05) is 14.0 Å². The van der Waals surface area contributed by atoms with Crippen molar-refractivity contribution >= 4 is 10.0 Å². The molecule has 0 bridgehead atoms. The van der Waals surface area contributed by atoms with Crippen molar-refractivity contribution in [1.29, 1.82) is 0 Å². The van der Waals surface area contributed by atoms with Crippen LogP contribution in [0.3, 0.4) is 0 Å². The molecule has 3 rings (SSSR count). The molecule has 0 saturated heterocycles. The zero-order chi connectivity index (χ0) is 22.1. The molecule has 1 aromatic heterocycles. The van der Waals surface area contributed by atoms with Gasteiger partial charge >= 0.3 is 6.18 Å². The topological polar surface area (TPSA) is 64.0 Å². The molecule has 9 heteroatoms. The second-order valence-corrected chi connectivity index (χ2v) is 9.06. The minimum atomic E-state index is -4.37. The van der Waals surface area contributed by atoms with E-state index in [-0.39, 0.29) is 10.8 Å². The number of sulfonamides is 1. The third kappa shape index (κ3) is 4.73. The lowest BCUT2D eigenvalue weighted by molar-refractivity contribution is -0.137. The summed E-state index contributed by atoms with van der Waals surface area (Å²) in [6.07, 6.45) is -0.450. The SMILES string of the molecule is CNS(=O)(=O)c1ccc(C[C@H](C)c2ccc(C(F)(F)F)cc2)c(-c2cn(C)cn2)c1. The number of nitrogens with zero attached hydrogens (tertiary/aromatic N) is 2. The van der Waals surface area contributed by atoms with E-state index >= 15 is 0 Å². The Kier molecular flexibility index (Phi) is 6.05. The summed E-state index contributed by atoms with van der Waals surface area (Å²) in [7, 11) is -0.471. The Morgan fingerprint density at radius 3 is 2.33 bits per heavy atom. The number of imidazole rings is 1. The lowest BCUT2D eigenvalue weighted by Gasteiger charge is -2.16. The monoisotopic (exact) mass is 437 g/mol. The summed E-state index contributed by atoms with van der Waals surface area (Å²) in [5.74, 6) is -0.0819. The lowest BCUT2D eigenvalue weighted by Crippen LogP contribution is -2.18. The first-order valence-electron chi connectivity index (χ1n) is 9.23. The van der Waals surface area contributed by atoms with Crippen molar-refractivity contribution in [3.05, 3.63) is 71.7 Å². The summed E-state index contributed by atoms with van der Waals surface area (Å²) < 4.78 is 67.0. The maximum absolute atomic E-state index is 12.8. The largest absolute Gasteiger partial charge is 0.416 e. The molecule has 0 fully saturated rings. The van der Waals surface area contributed by atoms with Crippen LogP contribution in [0.4, 0.5) is 13.2 Å². The van der Waals surface area contributed by atoms with Crippen molar-refractivity contribution < 1.29 is 21.6 Å². The van der Waals surface area contributed by atoms with Gasteiger partial charge < -0.3 is 4.57 Å². The molecule has 0 aliphatic carbocycles. The fraction of sp³-hybridized carbons (Fsp3) is 0.286. The van der Waals surface area contributed by atoms with Crippen molar-refractivity contribution in [3.8, 4) is 11.3 Å². The summed E-state index contributed by atoms with van der Waals surface area (Å²) >= 11 is 0. The Morgan fingerprint density at radius 1 is 1.13 bits per heavy atom. The van der Waals surface area contributed by atoms with Gasteiger partial charge in [0.25, 0.3) is 0 Å². The molecule has 0 radical (unpaired) electrons. The maximum Gasteiger partial charge on any atom is 0.416 e. The molecule has 30 heavy (non-hydrogen) atoms. The lowest BCUT2D eigenvalue weighted by atomic mass is 9.90. The number of aryl methyl sites for hydroxylation is 1. The number of benzene rings is 2. The molecule has 5 nitrogen and oxygen atoms in total. The van der Waals surface area contributed by atoms with E-state index in [9.17, 15) is 21.6 Å². The van der Waals surface area contributed by atoms with Crippen LogP contribution in [-0.4, -0.2) is 25.0 Å². The molecule has 160 valence electrons. The van der Waals surface area contributed by atoms with Crippen LogP contribution in [0.5, 0.6) is 0 Å². The van der Waals surface area contributed by atoms with Gasteiger partial charge in [-0.05, 0) is 54.8 Å². The number of nitrogens with one attached hydrogen (secondary N) is 1. The van der Waals surface area contributed by atoms with Crippen molar-refractivity contribution in [2.24, 2.45) is 7.05 Å². The van der Waals surface area contributed by atoms with Crippen LogP contribution in [0.1, 0.15) is 29.5 Å². The number of aromatic nitrogens is 2. The Balaban J connectivity index is 1.96. The fourth-order valence-corrected chi connectivity index (χ4v) is 4.01. The Bertz CT molecular complexity index is 1140. The highest BCUT2D eigenvalue weighted by molar-refractivity contribution is 7.89. The average Bonchev–Trinajstić information content (AvgIpc) is 3.13. The zero-order valence-electron chi connectivity index (χ0n) is 16.7. The summed E-state index contributed by atoms with van der Waals surface area (Å²) in [4.78, 5) is 4.46. The third-order valence-electron chi connectivity index (χ3n) is 4.97. The number of rotatable bonds is 6. The zero-order valence-corrected chi connectivity index (χ0v) is 17.6. The molecule has 2 aromatic carbocycles. The summed E-state index contributed by atoms with van der Waals surface area (Å²) in [6, 6.07) is 9.94. The normalized spacial score (nSPS) is 13.4. The van der Waals surface area contributed by atoms with E-state index < -0.39 is 21.8 Å². The predicted octanol–water partition coefficient (Wildman–Crippen LogP) is 4.36. The van der Waals surface area contributed by atoms with Gasteiger partial charge in [0.2, 0.25) is 10.0 Å². The van der Waals surface area contributed by atoms with Gasteiger partial charge in [-0.15, -0.1) is 0 Å². The minimum absolute atomic E-state index is 0.0819. The van der Waals surface area contributed by atoms with E-state index in [0.717, 1.165) is 23.3 Å². The van der Waals surface area contributed by atoms with Gasteiger partial charge in [0.1, 0.15) is 0 Å². The van der Waals surface area contributed by atoms with E-state index in [1.165, 1.54) is 25.2 Å². The van der Waals surface area contributed by atoms with Crippen LogP contribution in [0.2, 0.25) is 0 Å².